The quantitative estimate of drug-likeness (QED) is 0.553. The first-order valence-electron chi connectivity index (χ1n) is 7.18. The van der Waals surface area contributed by atoms with Crippen molar-refractivity contribution in [2.24, 2.45) is 0 Å². The Bertz CT molecular complexity index is 902. The largest absolute Gasteiger partial charge is 0.496 e. The summed E-state index contributed by atoms with van der Waals surface area (Å²) in [5.74, 6) is -0.387. The summed E-state index contributed by atoms with van der Waals surface area (Å²) >= 11 is 3.28. The number of carbonyl (C=O) groups is 1. The van der Waals surface area contributed by atoms with Gasteiger partial charge in [0.15, 0.2) is 0 Å². The molecule has 2 rings (SSSR count). The highest BCUT2D eigenvalue weighted by atomic mass is 79.9. The Morgan fingerprint density at radius 3 is 2.62 bits per heavy atom. The van der Waals surface area contributed by atoms with E-state index in [0.717, 1.165) is 12.1 Å². The fraction of sp³-hybridized carbons (Fsp3) is 0.111. The number of benzene rings is 2. The number of hydrogen-bond donors (Lipinski definition) is 1. The number of nitrogens with one attached hydrogen (secondary N) is 1. The molecule has 2 aromatic carbocycles. The van der Waals surface area contributed by atoms with Gasteiger partial charge in [0.25, 0.3) is 5.91 Å². The van der Waals surface area contributed by atoms with E-state index >= 15 is 0 Å². The SMILES string of the molecule is COc1ccc(Br)cc1C=C(C#N)C(=O)Nc1cccc(C(F)(F)F)c1. The van der Waals surface area contributed by atoms with Crippen LogP contribution in [0.3, 0.4) is 0 Å². The Hall–Kier alpha value is -2.79. The van der Waals surface area contributed by atoms with Gasteiger partial charge in [0.05, 0.1) is 12.7 Å². The molecule has 0 radical (unpaired) electrons. The van der Waals surface area contributed by atoms with Crippen LogP contribution in [0, 0.1) is 11.3 Å². The number of anilines is 1. The molecule has 0 spiro atoms. The number of amides is 1. The molecule has 0 aliphatic heterocycles. The second-order valence-corrected chi connectivity index (χ2v) is 6.00. The van der Waals surface area contributed by atoms with Crippen LogP contribution in [0.2, 0.25) is 0 Å². The van der Waals surface area contributed by atoms with Gasteiger partial charge in [-0.2, -0.15) is 18.4 Å². The highest BCUT2D eigenvalue weighted by molar-refractivity contribution is 9.10. The molecule has 2 aromatic rings. The highest BCUT2D eigenvalue weighted by Gasteiger charge is 2.30. The zero-order valence-electron chi connectivity index (χ0n) is 13.4. The maximum Gasteiger partial charge on any atom is 0.416 e. The van der Waals surface area contributed by atoms with Crippen molar-refractivity contribution < 1.29 is 22.7 Å². The number of nitrogens with zero attached hydrogens (tertiary/aromatic N) is 1. The van der Waals surface area contributed by atoms with Crippen molar-refractivity contribution in [2.45, 2.75) is 6.18 Å². The molecule has 0 atom stereocenters. The third-order valence-corrected chi connectivity index (χ3v) is 3.80. The third-order valence-electron chi connectivity index (χ3n) is 3.30. The van der Waals surface area contributed by atoms with Gasteiger partial charge < -0.3 is 10.1 Å². The maximum atomic E-state index is 12.7. The molecule has 0 aromatic heterocycles. The normalized spacial score (nSPS) is 11.6. The summed E-state index contributed by atoms with van der Waals surface area (Å²) in [6, 6.07) is 10.9. The number of rotatable bonds is 4. The molecule has 1 amide bonds. The lowest BCUT2D eigenvalue weighted by atomic mass is 10.1. The van der Waals surface area contributed by atoms with E-state index < -0.39 is 17.6 Å². The minimum Gasteiger partial charge on any atom is -0.496 e. The first-order valence-corrected chi connectivity index (χ1v) is 7.98. The van der Waals surface area contributed by atoms with Crippen LogP contribution in [0.1, 0.15) is 11.1 Å². The summed E-state index contributed by atoms with van der Waals surface area (Å²) in [6.45, 7) is 0. The Kier molecular flexibility index (Phi) is 6.05. The first kappa shape index (κ1) is 19.5. The first-order chi connectivity index (χ1) is 12.2. The predicted octanol–water partition coefficient (Wildman–Crippen LogP) is 5.02. The number of hydrogen-bond acceptors (Lipinski definition) is 3. The second kappa shape index (κ2) is 8.06. The molecule has 134 valence electrons. The molecule has 0 aliphatic rings. The fourth-order valence-corrected chi connectivity index (χ4v) is 2.47. The van der Waals surface area contributed by atoms with Crippen LogP contribution in [-0.4, -0.2) is 13.0 Å². The number of methoxy groups -OCH3 is 1. The Labute approximate surface area is 156 Å². The number of nitriles is 1. The molecular weight excluding hydrogens is 413 g/mol. The van der Waals surface area contributed by atoms with E-state index in [2.05, 4.69) is 21.2 Å². The molecule has 0 bridgehead atoms. The number of halogens is 4. The van der Waals surface area contributed by atoms with Crippen molar-refractivity contribution in [1.29, 1.82) is 5.26 Å². The van der Waals surface area contributed by atoms with Crippen LogP contribution < -0.4 is 10.1 Å². The zero-order valence-corrected chi connectivity index (χ0v) is 15.0. The lowest BCUT2D eigenvalue weighted by Crippen LogP contribution is -2.14. The van der Waals surface area contributed by atoms with E-state index in [0.29, 0.717) is 15.8 Å². The molecule has 0 saturated heterocycles. The van der Waals surface area contributed by atoms with Gasteiger partial charge in [-0.05, 0) is 42.5 Å². The van der Waals surface area contributed by atoms with Crippen molar-refractivity contribution in [3.05, 3.63) is 63.6 Å². The average molecular weight is 425 g/mol. The second-order valence-electron chi connectivity index (χ2n) is 5.09. The standard InChI is InChI=1S/C18H12BrF3N2O2/c1-26-16-6-5-14(19)8-11(16)7-12(10-23)17(25)24-15-4-2-3-13(9-15)18(20,21)22/h2-9H,1H3,(H,24,25). The van der Waals surface area contributed by atoms with Gasteiger partial charge in [0.1, 0.15) is 17.4 Å². The van der Waals surface area contributed by atoms with E-state index in [-0.39, 0.29) is 11.3 Å². The van der Waals surface area contributed by atoms with Gasteiger partial charge in [-0.1, -0.05) is 22.0 Å². The third kappa shape index (κ3) is 4.86. The van der Waals surface area contributed by atoms with Gasteiger partial charge in [-0.15, -0.1) is 0 Å². The molecule has 8 heteroatoms. The van der Waals surface area contributed by atoms with Gasteiger partial charge >= 0.3 is 6.18 Å². The van der Waals surface area contributed by atoms with E-state index in [9.17, 15) is 23.2 Å². The van der Waals surface area contributed by atoms with E-state index in [4.69, 9.17) is 4.74 Å². The Morgan fingerprint density at radius 2 is 2.00 bits per heavy atom. The average Bonchev–Trinajstić information content (AvgIpc) is 2.59. The van der Waals surface area contributed by atoms with Crippen molar-refractivity contribution in [2.75, 3.05) is 12.4 Å². The Morgan fingerprint density at radius 1 is 1.27 bits per heavy atom. The smallest absolute Gasteiger partial charge is 0.416 e. The molecule has 0 fully saturated rings. The number of ether oxygens (including phenoxy) is 1. The molecule has 4 nitrogen and oxygen atoms in total. The molecule has 0 aliphatic carbocycles. The van der Waals surface area contributed by atoms with E-state index in [1.165, 1.54) is 25.3 Å². The van der Waals surface area contributed by atoms with Crippen LogP contribution in [0.15, 0.2) is 52.5 Å². The molecule has 1 N–H and O–H groups in total. The fourth-order valence-electron chi connectivity index (χ4n) is 2.09. The maximum absolute atomic E-state index is 12.7. The van der Waals surface area contributed by atoms with Crippen molar-refractivity contribution >= 4 is 33.6 Å². The zero-order chi connectivity index (χ0) is 19.3. The predicted molar refractivity (Wildman–Crippen MR) is 94.4 cm³/mol. The molecule has 0 unspecified atom stereocenters. The van der Waals surface area contributed by atoms with Crippen LogP contribution in [0.25, 0.3) is 6.08 Å². The summed E-state index contributed by atoms with van der Waals surface area (Å²) in [6.07, 6.45) is -3.23. The minimum absolute atomic E-state index is 0.0628. The molecule has 26 heavy (non-hydrogen) atoms. The molecule has 0 saturated carbocycles. The van der Waals surface area contributed by atoms with Crippen molar-refractivity contribution in [3.8, 4) is 11.8 Å². The number of alkyl halides is 3. The lowest BCUT2D eigenvalue weighted by molar-refractivity contribution is -0.137. The van der Waals surface area contributed by atoms with Gasteiger partial charge in [0.2, 0.25) is 0 Å². The summed E-state index contributed by atoms with van der Waals surface area (Å²) in [5, 5.41) is 11.5. The van der Waals surface area contributed by atoms with Crippen LogP contribution >= 0.6 is 15.9 Å². The van der Waals surface area contributed by atoms with Gasteiger partial charge in [-0.3, -0.25) is 4.79 Å². The number of carbonyl (C=O) groups excluding carboxylic acids is 1. The van der Waals surface area contributed by atoms with Crippen molar-refractivity contribution in [3.63, 3.8) is 0 Å². The van der Waals surface area contributed by atoms with Gasteiger partial charge in [-0.25, -0.2) is 0 Å². The Balaban J connectivity index is 2.31. The molecule has 0 heterocycles. The minimum atomic E-state index is -4.53. The van der Waals surface area contributed by atoms with E-state index in [1.54, 1.807) is 24.3 Å². The summed E-state index contributed by atoms with van der Waals surface area (Å²) < 4.78 is 44.1. The summed E-state index contributed by atoms with van der Waals surface area (Å²) in [4.78, 5) is 12.3. The lowest BCUT2D eigenvalue weighted by Gasteiger charge is -2.10. The summed E-state index contributed by atoms with van der Waals surface area (Å²) in [5.41, 5.74) is -0.768. The van der Waals surface area contributed by atoms with Crippen LogP contribution in [-0.2, 0) is 11.0 Å². The monoisotopic (exact) mass is 424 g/mol. The topological polar surface area (TPSA) is 62.1 Å². The van der Waals surface area contributed by atoms with Crippen LogP contribution in [0.4, 0.5) is 18.9 Å². The van der Waals surface area contributed by atoms with E-state index in [1.807, 2.05) is 0 Å². The van der Waals surface area contributed by atoms with Gasteiger partial charge in [0, 0.05) is 15.7 Å². The van der Waals surface area contributed by atoms with Crippen LogP contribution in [0.5, 0.6) is 5.75 Å². The highest BCUT2D eigenvalue weighted by Crippen LogP contribution is 2.31. The summed E-state index contributed by atoms with van der Waals surface area (Å²) in [7, 11) is 1.44. The molecular formula is C18H12BrF3N2O2. The van der Waals surface area contributed by atoms with Crippen molar-refractivity contribution in [1.82, 2.24) is 0 Å².